The Balaban J connectivity index is 2.14. The van der Waals surface area contributed by atoms with Crippen molar-refractivity contribution in [2.45, 2.75) is 13.5 Å². The topological polar surface area (TPSA) is 48.1 Å². The van der Waals surface area contributed by atoms with Gasteiger partial charge in [-0.3, -0.25) is 4.98 Å². The van der Waals surface area contributed by atoms with Crippen molar-refractivity contribution in [2.75, 3.05) is 0 Å². The summed E-state index contributed by atoms with van der Waals surface area (Å²) in [7, 11) is 0. The number of aromatic nitrogens is 1. The molecule has 2 aromatic carbocycles. The molecule has 1 heterocycles. The SMILES string of the molecule is Cc1ccc(Oc2c(CN)cnc3ccccc23)c(Br)c1. The minimum Gasteiger partial charge on any atom is -0.455 e. The van der Waals surface area contributed by atoms with E-state index in [1.807, 2.05) is 49.4 Å². The second kappa shape index (κ2) is 5.84. The van der Waals surface area contributed by atoms with Crippen molar-refractivity contribution in [3.05, 3.63) is 64.3 Å². The van der Waals surface area contributed by atoms with Crippen molar-refractivity contribution in [1.82, 2.24) is 4.98 Å². The van der Waals surface area contributed by atoms with Crippen LogP contribution in [0.5, 0.6) is 11.5 Å². The summed E-state index contributed by atoms with van der Waals surface area (Å²) in [6.07, 6.45) is 1.78. The van der Waals surface area contributed by atoms with E-state index in [9.17, 15) is 0 Å². The normalized spacial score (nSPS) is 10.8. The Morgan fingerprint density at radius 1 is 1.19 bits per heavy atom. The average molecular weight is 343 g/mol. The smallest absolute Gasteiger partial charge is 0.142 e. The predicted molar refractivity (Wildman–Crippen MR) is 88.6 cm³/mol. The zero-order chi connectivity index (χ0) is 14.8. The number of benzene rings is 2. The molecule has 4 heteroatoms. The first-order valence-electron chi connectivity index (χ1n) is 6.69. The third kappa shape index (κ3) is 2.77. The lowest BCUT2D eigenvalue weighted by molar-refractivity contribution is 0.478. The maximum atomic E-state index is 6.13. The van der Waals surface area contributed by atoms with Gasteiger partial charge in [-0.25, -0.2) is 0 Å². The number of para-hydroxylation sites is 1. The van der Waals surface area contributed by atoms with E-state index in [0.717, 1.165) is 32.4 Å². The van der Waals surface area contributed by atoms with Crippen LogP contribution in [0.3, 0.4) is 0 Å². The van der Waals surface area contributed by atoms with Crippen molar-refractivity contribution in [3.8, 4) is 11.5 Å². The minimum absolute atomic E-state index is 0.386. The fourth-order valence-corrected chi connectivity index (χ4v) is 2.80. The molecule has 0 unspecified atom stereocenters. The molecule has 0 spiro atoms. The number of nitrogens with two attached hydrogens (primary N) is 1. The fourth-order valence-electron chi connectivity index (χ4n) is 2.22. The minimum atomic E-state index is 0.386. The second-order valence-electron chi connectivity index (χ2n) is 4.87. The molecule has 3 aromatic rings. The van der Waals surface area contributed by atoms with E-state index in [4.69, 9.17) is 10.5 Å². The summed E-state index contributed by atoms with van der Waals surface area (Å²) >= 11 is 3.54. The third-order valence-electron chi connectivity index (χ3n) is 3.32. The number of hydrogen-bond donors (Lipinski definition) is 1. The van der Waals surface area contributed by atoms with E-state index in [1.54, 1.807) is 6.20 Å². The van der Waals surface area contributed by atoms with Crippen LogP contribution in [0.15, 0.2) is 53.1 Å². The molecule has 3 rings (SSSR count). The lowest BCUT2D eigenvalue weighted by atomic mass is 10.1. The van der Waals surface area contributed by atoms with Gasteiger partial charge in [-0.15, -0.1) is 0 Å². The standard InChI is InChI=1S/C17H15BrN2O/c1-11-6-7-16(14(18)8-11)21-17-12(9-19)10-20-15-5-3-2-4-13(15)17/h2-8,10H,9,19H2,1H3. The molecule has 0 aliphatic heterocycles. The van der Waals surface area contributed by atoms with Gasteiger partial charge in [0.2, 0.25) is 0 Å². The van der Waals surface area contributed by atoms with Crippen LogP contribution in [0.2, 0.25) is 0 Å². The first-order valence-corrected chi connectivity index (χ1v) is 7.49. The highest BCUT2D eigenvalue weighted by atomic mass is 79.9. The van der Waals surface area contributed by atoms with Gasteiger partial charge in [-0.2, -0.15) is 0 Å². The van der Waals surface area contributed by atoms with Gasteiger partial charge >= 0.3 is 0 Å². The Kier molecular flexibility index (Phi) is 3.90. The molecule has 21 heavy (non-hydrogen) atoms. The van der Waals surface area contributed by atoms with Crippen LogP contribution in [0.1, 0.15) is 11.1 Å². The van der Waals surface area contributed by atoms with Crippen molar-refractivity contribution in [1.29, 1.82) is 0 Å². The van der Waals surface area contributed by atoms with Crippen LogP contribution in [0, 0.1) is 6.92 Å². The van der Waals surface area contributed by atoms with Crippen LogP contribution in [0.4, 0.5) is 0 Å². The molecule has 3 nitrogen and oxygen atoms in total. The van der Waals surface area contributed by atoms with Crippen LogP contribution in [0.25, 0.3) is 10.9 Å². The summed E-state index contributed by atoms with van der Waals surface area (Å²) in [5.41, 5.74) is 8.79. The lowest BCUT2D eigenvalue weighted by Crippen LogP contribution is -2.01. The highest BCUT2D eigenvalue weighted by Gasteiger charge is 2.11. The molecule has 2 N–H and O–H groups in total. The molecular formula is C17H15BrN2O. The summed E-state index contributed by atoms with van der Waals surface area (Å²) < 4.78 is 7.06. The maximum absolute atomic E-state index is 6.13. The number of nitrogens with zero attached hydrogens (tertiary/aromatic N) is 1. The molecule has 0 aliphatic carbocycles. The van der Waals surface area contributed by atoms with Crippen molar-refractivity contribution < 1.29 is 4.74 Å². The summed E-state index contributed by atoms with van der Waals surface area (Å²) in [6.45, 7) is 2.43. The van der Waals surface area contributed by atoms with Crippen LogP contribution >= 0.6 is 15.9 Å². The first-order chi connectivity index (χ1) is 10.2. The molecule has 0 fully saturated rings. The van der Waals surface area contributed by atoms with Gasteiger partial charge in [0, 0.05) is 23.7 Å². The Labute approximate surface area is 131 Å². The van der Waals surface area contributed by atoms with Crippen molar-refractivity contribution >= 4 is 26.8 Å². The molecule has 0 amide bonds. The zero-order valence-electron chi connectivity index (χ0n) is 11.6. The lowest BCUT2D eigenvalue weighted by Gasteiger charge is -2.14. The average Bonchev–Trinajstić information content (AvgIpc) is 2.50. The molecule has 0 saturated carbocycles. The van der Waals surface area contributed by atoms with Gasteiger partial charge in [0.05, 0.1) is 9.99 Å². The Bertz CT molecular complexity index is 802. The highest BCUT2D eigenvalue weighted by Crippen LogP contribution is 2.36. The Morgan fingerprint density at radius 3 is 2.76 bits per heavy atom. The van der Waals surface area contributed by atoms with E-state index in [0.29, 0.717) is 6.54 Å². The van der Waals surface area contributed by atoms with Gasteiger partial charge in [-0.05, 0) is 52.7 Å². The van der Waals surface area contributed by atoms with Crippen LogP contribution < -0.4 is 10.5 Å². The van der Waals surface area contributed by atoms with Crippen LogP contribution in [-0.4, -0.2) is 4.98 Å². The molecule has 1 aromatic heterocycles. The summed E-state index contributed by atoms with van der Waals surface area (Å²) in [5, 5.41) is 0.966. The van der Waals surface area contributed by atoms with E-state index < -0.39 is 0 Å². The summed E-state index contributed by atoms with van der Waals surface area (Å²) in [6, 6.07) is 13.9. The maximum Gasteiger partial charge on any atom is 0.142 e. The number of pyridine rings is 1. The highest BCUT2D eigenvalue weighted by molar-refractivity contribution is 9.10. The summed E-state index contributed by atoms with van der Waals surface area (Å²) in [5.74, 6) is 1.54. The van der Waals surface area contributed by atoms with Gasteiger partial charge < -0.3 is 10.5 Å². The first kappa shape index (κ1) is 14.0. The number of fused-ring (bicyclic) bond motifs is 1. The number of aryl methyl sites for hydroxylation is 1. The van der Waals surface area contributed by atoms with Gasteiger partial charge in [-0.1, -0.05) is 18.2 Å². The molecule has 0 radical (unpaired) electrons. The monoisotopic (exact) mass is 342 g/mol. The van der Waals surface area contributed by atoms with Gasteiger partial charge in [0.25, 0.3) is 0 Å². The van der Waals surface area contributed by atoms with E-state index in [2.05, 4.69) is 20.9 Å². The Morgan fingerprint density at radius 2 is 2.00 bits per heavy atom. The zero-order valence-corrected chi connectivity index (χ0v) is 13.2. The van der Waals surface area contributed by atoms with Crippen LogP contribution in [-0.2, 0) is 6.54 Å². The molecule has 106 valence electrons. The van der Waals surface area contributed by atoms with Crippen molar-refractivity contribution in [3.63, 3.8) is 0 Å². The number of halogens is 1. The molecular weight excluding hydrogens is 328 g/mol. The quantitative estimate of drug-likeness (QED) is 0.759. The van der Waals surface area contributed by atoms with E-state index in [-0.39, 0.29) is 0 Å². The predicted octanol–water partition coefficient (Wildman–Crippen LogP) is 4.56. The third-order valence-corrected chi connectivity index (χ3v) is 3.94. The van der Waals surface area contributed by atoms with Crippen molar-refractivity contribution in [2.24, 2.45) is 5.73 Å². The number of rotatable bonds is 3. The number of hydrogen-bond acceptors (Lipinski definition) is 3. The van der Waals surface area contributed by atoms with E-state index >= 15 is 0 Å². The summed E-state index contributed by atoms with van der Waals surface area (Å²) in [4.78, 5) is 4.42. The van der Waals surface area contributed by atoms with Gasteiger partial charge in [0.1, 0.15) is 11.5 Å². The fraction of sp³-hybridized carbons (Fsp3) is 0.118. The molecule has 0 saturated heterocycles. The molecule has 0 bridgehead atoms. The molecule has 0 aliphatic rings. The molecule has 0 atom stereocenters. The number of ether oxygens (including phenoxy) is 1. The Hall–Kier alpha value is -1.91. The van der Waals surface area contributed by atoms with Gasteiger partial charge in [0.15, 0.2) is 0 Å². The second-order valence-corrected chi connectivity index (χ2v) is 5.72. The largest absolute Gasteiger partial charge is 0.455 e. The van der Waals surface area contributed by atoms with E-state index in [1.165, 1.54) is 5.56 Å².